The summed E-state index contributed by atoms with van der Waals surface area (Å²) in [6.45, 7) is 4.89. The van der Waals surface area contributed by atoms with E-state index in [0.29, 0.717) is 39.0 Å². The Morgan fingerprint density at radius 2 is 1.76 bits per heavy atom. The van der Waals surface area contributed by atoms with Gasteiger partial charge in [0.2, 0.25) is 0 Å². The quantitative estimate of drug-likeness (QED) is 0.225. The highest BCUT2D eigenvalue weighted by Crippen LogP contribution is 2.56. The topological polar surface area (TPSA) is 42.2 Å². The van der Waals surface area contributed by atoms with Gasteiger partial charge in [0, 0.05) is 46.9 Å². The SMILES string of the molecule is Cc1cc(C(F)(F)F)c2cc(N3CCC4(C=C(c5c(-c6c(C)cc(F)cc6Cl)noc5C5CC5)C4)CC3)ccc2n1. The lowest BCUT2D eigenvalue weighted by atomic mass is 9.63. The Hall–Kier alpha value is -3.39. The maximum absolute atomic E-state index is 14.0. The van der Waals surface area contributed by atoms with Crippen molar-refractivity contribution < 1.29 is 22.1 Å². The van der Waals surface area contributed by atoms with Crippen molar-refractivity contribution in [2.45, 2.75) is 58.0 Å². The minimum absolute atomic E-state index is 0.0233. The van der Waals surface area contributed by atoms with Crippen LogP contribution in [-0.2, 0) is 6.18 Å². The summed E-state index contributed by atoms with van der Waals surface area (Å²) in [5.41, 5.74) is 5.13. The first-order chi connectivity index (χ1) is 19.5. The minimum atomic E-state index is -4.44. The van der Waals surface area contributed by atoms with Crippen LogP contribution in [0.1, 0.15) is 66.2 Å². The van der Waals surface area contributed by atoms with Crippen molar-refractivity contribution in [3.05, 3.63) is 81.5 Å². The van der Waals surface area contributed by atoms with Gasteiger partial charge in [-0.25, -0.2) is 4.39 Å². The Kier molecular flexibility index (Phi) is 6.02. The average Bonchev–Trinajstić information content (AvgIpc) is 3.65. The van der Waals surface area contributed by atoms with Crippen LogP contribution in [0.25, 0.3) is 27.7 Å². The number of alkyl halides is 3. The van der Waals surface area contributed by atoms with Gasteiger partial charge in [-0.2, -0.15) is 13.2 Å². The van der Waals surface area contributed by atoms with Gasteiger partial charge in [0.05, 0.1) is 16.1 Å². The molecule has 7 rings (SSSR count). The van der Waals surface area contributed by atoms with E-state index in [1.165, 1.54) is 17.7 Å². The first kappa shape index (κ1) is 26.5. The van der Waals surface area contributed by atoms with Gasteiger partial charge in [0.15, 0.2) is 0 Å². The molecule has 2 fully saturated rings. The van der Waals surface area contributed by atoms with Crippen molar-refractivity contribution in [3.63, 3.8) is 0 Å². The van der Waals surface area contributed by atoms with E-state index in [9.17, 15) is 17.6 Å². The number of hydrogen-bond donors (Lipinski definition) is 0. The molecular formula is C32H28ClF4N3O. The number of rotatable bonds is 4. The van der Waals surface area contributed by atoms with E-state index >= 15 is 0 Å². The zero-order chi connectivity index (χ0) is 28.7. The summed E-state index contributed by atoms with van der Waals surface area (Å²) in [6.07, 6.45) is 2.65. The first-order valence-corrected chi connectivity index (χ1v) is 14.3. The molecule has 1 saturated carbocycles. The zero-order valence-corrected chi connectivity index (χ0v) is 23.5. The fourth-order valence-corrected chi connectivity index (χ4v) is 6.94. The van der Waals surface area contributed by atoms with Gasteiger partial charge in [-0.15, -0.1) is 0 Å². The molecule has 3 aliphatic rings. The summed E-state index contributed by atoms with van der Waals surface area (Å²) in [7, 11) is 0. The standard InChI is InChI=1S/C32H28ClF4N3O/c1-17-11-21(34)13-25(33)27(17)29-28(30(41-39-29)19-3-4-19)20-15-31(16-20)7-9-40(10-8-31)22-5-6-26-23(14-22)24(32(35,36)37)12-18(2)38-26/h5-6,11-15,19H,3-4,7-10,16H2,1-2H3. The number of halogens is 5. The predicted octanol–water partition coefficient (Wildman–Crippen LogP) is 9.27. The van der Waals surface area contributed by atoms with Crippen molar-refractivity contribution >= 4 is 33.8 Å². The Bertz CT molecular complexity index is 1710. The molecule has 0 amide bonds. The van der Waals surface area contributed by atoms with Crippen LogP contribution in [0, 0.1) is 25.1 Å². The van der Waals surface area contributed by atoms with Gasteiger partial charge >= 0.3 is 6.18 Å². The van der Waals surface area contributed by atoms with Crippen LogP contribution in [-0.4, -0.2) is 23.2 Å². The summed E-state index contributed by atoms with van der Waals surface area (Å²) < 4.78 is 61.2. The highest BCUT2D eigenvalue weighted by Gasteiger charge is 2.44. The van der Waals surface area contributed by atoms with Crippen LogP contribution >= 0.6 is 11.6 Å². The summed E-state index contributed by atoms with van der Waals surface area (Å²) in [5, 5.41) is 4.88. The molecule has 0 bridgehead atoms. The monoisotopic (exact) mass is 581 g/mol. The number of hydrogen-bond acceptors (Lipinski definition) is 4. The molecule has 2 aromatic carbocycles. The molecule has 1 spiro atoms. The number of allylic oxidation sites excluding steroid dienone is 2. The van der Waals surface area contributed by atoms with Crippen LogP contribution in [0.15, 0.2) is 47.0 Å². The lowest BCUT2D eigenvalue weighted by molar-refractivity contribution is -0.136. The molecule has 41 heavy (non-hydrogen) atoms. The highest BCUT2D eigenvalue weighted by atomic mass is 35.5. The number of pyridine rings is 1. The molecule has 0 atom stereocenters. The zero-order valence-electron chi connectivity index (χ0n) is 22.7. The Labute approximate surface area is 240 Å². The fraction of sp³-hybridized carbons (Fsp3) is 0.375. The second-order valence-electron chi connectivity index (χ2n) is 11.8. The highest BCUT2D eigenvalue weighted by molar-refractivity contribution is 6.33. The lowest BCUT2D eigenvalue weighted by Crippen LogP contribution is -2.42. The van der Waals surface area contributed by atoms with E-state index < -0.39 is 11.7 Å². The van der Waals surface area contributed by atoms with Crippen LogP contribution in [0.3, 0.4) is 0 Å². The lowest BCUT2D eigenvalue weighted by Gasteiger charge is -2.47. The Balaban J connectivity index is 1.16. The number of piperidine rings is 1. The van der Waals surface area contributed by atoms with Gasteiger partial charge in [0.1, 0.15) is 17.3 Å². The summed E-state index contributed by atoms with van der Waals surface area (Å²) in [5.74, 6) is 0.848. The van der Waals surface area contributed by atoms with Gasteiger partial charge < -0.3 is 9.42 Å². The molecule has 2 aromatic heterocycles. The van der Waals surface area contributed by atoms with Gasteiger partial charge in [-0.1, -0.05) is 22.8 Å². The first-order valence-electron chi connectivity index (χ1n) is 13.9. The van der Waals surface area contributed by atoms with Crippen molar-refractivity contribution in [2.24, 2.45) is 5.41 Å². The van der Waals surface area contributed by atoms with E-state index in [1.807, 2.05) is 13.0 Å². The van der Waals surface area contributed by atoms with Crippen LogP contribution in [0.2, 0.25) is 5.02 Å². The average molecular weight is 582 g/mol. The Morgan fingerprint density at radius 3 is 2.41 bits per heavy atom. The third-order valence-corrected chi connectivity index (χ3v) is 9.15. The normalized spacial score (nSPS) is 18.6. The van der Waals surface area contributed by atoms with Crippen molar-refractivity contribution in [1.82, 2.24) is 10.1 Å². The Morgan fingerprint density at radius 1 is 1.02 bits per heavy atom. The fourth-order valence-electron chi connectivity index (χ4n) is 6.60. The molecule has 4 nitrogen and oxygen atoms in total. The largest absolute Gasteiger partial charge is 0.417 e. The summed E-state index contributed by atoms with van der Waals surface area (Å²) in [4.78, 5) is 6.48. The number of aryl methyl sites for hydroxylation is 2. The summed E-state index contributed by atoms with van der Waals surface area (Å²) in [6, 6.07) is 9.08. The van der Waals surface area contributed by atoms with E-state index in [2.05, 4.69) is 21.1 Å². The van der Waals surface area contributed by atoms with Gasteiger partial charge in [-0.3, -0.25) is 4.98 Å². The smallest absolute Gasteiger partial charge is 0.371 e. The maximum Gasteiger partial charge on any atom is 0.417 e. The van der Waals surface area contributed by atoms with E-state index in [1.54, 1.807) is 19.1 Å². The molecule has 0 unspecified atom stereocenters. The minimum Gasteiger partial charge on any atom is -0.371 e. The number of nitrogens with zero attached hydrogens (tertiary/aromatic N) is 3. The van der Waals surface area contributed by atoms with Gasteiger partial charge in [0.25, 0.3) is 0 Å². The molecule has 9 heteroatoms. The second-order valence-corrected chi connectivity index (χ2v) is 12.2. The second kappa shape index (κ2) is 9.31. The molecule has 0 radical (unpaired) electrons. The number of benzene rings is 2. The van der Waals surface area contributed by atoms with Crippen LogP contribution < -0.4 is 4.90 Å². The molecule has 3 heterocycles. The van der Waals surface area contributed by atoms with E-state index in [4.69, 9.17) is 16.1 Å². The molecule has 1 aliphatic heterocycles. The third kappa shape index (κ3) is 4.60. The molecule has 2 aliphatic carbocycles. The van der Waals surface area contributed by atoms with E-state index in [-0.39, 0.29) is 16.6 Å². The van der Waals surface area contributed by atoms with Crippen molar-refractivity contribution in [3.8, 4) is 11.3 Å². The number of anilines is 1. The van der Waals surface area contributed by atoms with E-state index in [0.717, 1.165) is 68.3 Å². The molecular weight excluding hydrogens is 554 g/mol. The predicted molar refractivity (Wildman–Crippen MR) is 152 cm³/mol. The molecule has 212 valence electrons. The van der Waals surface area contributed by atoms with Crippen molar-refractivity contribution in [2.75, 3.05) is 18.0 Å². The maximum atomic E-state index is 14.0. The number of fused-ring (bicyclic) bond motifs is 1. The number of aromatic nitrogens is 2. The summed E-state index contributed by atoms with van der Waals surface area (Å²) >= 11 is 6.49. The third-order valence-electron chi connectivity index (χ3n) is 8.85. The van der Waals surface area contributed by atoms with Gasteiger partial charge in [-0.05, 0) is 98.9 Å². The van der Waals surface area contributed by atoms with Crippen LogP contribution in [0.5, 0.6) is 0 Å². The van der Waals surface area contributed by atoms with Crippen molar-refractivity contribution in [1.29, 1.82) is 0 Å². The molecule has 1 saturated heterocycles. The molecule has 4 aromatic rings. The van der Waals surface area contributed by atoms with Crippen LogP contribution in [0.4, 0.5) is 23.2 Å². The molecule has 0 N–H and O–H groups in total.